The van der Waals surface area contributed by atoms with E-state index in [1.807, 2.05) is 32.9 Å². The third kappa shape index (κ3) is 2.17. The molecule has 0 heterocycles. The van der Waals surface area contributed by atoms with E-state index in [1.54, 1.807) is 0 Å². The summed E-state index contributed by atoms with van der Waals surface area (Å²) in [5, 5.41) is 19.6. The Labute approximate surface area is 114 Å². The Morgan fingerprint density at radius 2 is 1.74 bits per heavy atom. The van der Waals surface area contributed by atoms with Gasteiger partial charge in [0.05, 0.1) is 10.8 Å². The van der Waals surface area contributed by atoms with Crippen molar-refractivity contribution < 1.29 is 19.8 Å². The minimum Gasteiger partial charge on any atom is -0.481 e. The fourth-order valence-corrected chi connectivity index (χ4v) is 3.76. The van der Waals surface area contributed by atoms with Crippen LogP contribution in [0.5, 0.6) is 0 Å². The first kappa shape index (κ1) is 15.7. The number of rotatable bonds is 6. The summed E-state index contributed by atoms with van der Waals surface area (Å²) >= 11 is 0. The first-order chi connectivity index (χ1) is 8.89. The van der Waals surface area contributed by atoms with Crippen molar-refractivity contribution in [1.82, 2.24) is 0 Å². The predicted molar refractivity (Wildman–Crippen MR) is 72.9 cm³/mol. The number of hydrogen-bond donors (Lipinski definition) is 2. The van der Waals surface area contributed by atoms with Crippen LogP contribution in [-0.4, -0.2) is 22.2 Å². The summed E-state index contributed by atoms with van der Waals surface area (Å²) in [5.41, 5.74) is -2.38. The van der Waals surface area contributed by atoms with Crippen LogP contribution in [0.1, 0.15) is 52.9 Å². The minimum atomic E-state index is -1.20. The van der Waals surface area contributed by atoms with Gasteiger partial charge in [0, 0.05) is 0 Å². The van der Waals surface area contributed by atoms with Crippen molar-refractivity contribution in [2.45, 2.75) is 52.9 Å². The van der Waals surface area contributed by atoms with Crippen LogP contribution in [0.3, 0.4) is 0 Å². The molecule has 0 amide bonds. The summed E-state index contributed by atoms with van der Waals surface area (Å²) < 4.78 is 0. The molecule has 0 aliphatic heterocycles. The molecule has 1 rings (SSSR count). The summed E-state index contributed by atoms with van der Waals surface area (Å²) in [6.07, 6.45) is 6.16. The fourth-order valence-electron chi connectivity index (χ4n) is 3.76. The zero-order valence-electron chi connectivity index (χ0n) is 12.0. The average Bonchev–Trinajstić information content (AvgIpc) is 2.33. The number of carboxylic acids is 2. The van der Waals surface area contributed by atoms with Crippen molar-refractivity contribution in [2.24, 2.45) is 16.7 Å². The van der Waals surface area contributed by atoms with Gasteiger partial charge in [-0.2, -0.15) is 0 Å². The summed E-state index contributed by atoms with van der Waals surface area (Å²) in [5.74, 6) is -2.20. The van der Waals surface area contributed by atoms with E-state index < -0.39 is 22.8 Å². The third-order valence-corrected chi connectivity index (χ3v) is 4.63. The first-order valence-electron chi connectivity index (χ1n) is 7.02. The first-order valence-corrected chi connectivity index (χ1v) is 7.02. The van der Waals surface area contributed by atoms with Crippen molar-refractivity contribution in [3.8, 4) is 0 Å². The van der Waals surface area contributed by atoms with Crippen molar-refractivity contribution in [3.05, 3.63) is 12.2 Å². The van der Waals surface area contributed by atoms with Gasteiger partial charge in [0.15, 0.2) is 0 Å². The minimum absolute atomic E-state index is 0.263. The molecule has 3 unspecified atom stereocenters. The molecule has 1 aliphatic carbocycles. The summed E-state index contributed by atoms with van der Waals surface area (Å²) in [6, 6.07) is 0. The van der Waals surface area contributed by atoms with Gasteiger partial charge in [0.25, 0.3) is 0 Å². The van der Waals surface area contributed by atoms with E-state index in [2.05, 4.69) is 0 Å². The number of carboxylic acid groups (broad SMARTS) is 2. The van der Waals surface area contributed by atoms with E-state index >= 15 is 0 Å². The van der Waals surface area contributed by atoms with E-state index in [0.717, 1.165) is 0 Å². The van der Waals surface area contributed by atoms with Crippen LogP contribution < -0.4 is 0 Å². The highest BCUT2D eigenvalue weighted by atomic mass is 16.4. The zero-order valence-corrected chi connectivity index (χ0v) is 12.0. The van der Waals surface area contributed by atoms with Gasteiger partial charge < -0.3 is 10.2 Å². The van der Waals surface area contributed by atoms with Gasteiger partial charge in [0.1, 0.15) is 0 Å². The number of aliphatic carboxylic acids is 2. The second-order valence-corrected chi connectivity index (χ2v) is 5.58. The summed E-state index contributed by atoms with van der Waals surface area (Å²) in [6.45, 7) is 5.65. The van der Waals surface area contributed by atoms with Crippen LogP contribution in [0, 0.1) is 16.7 Å². The molecular formula is C15H24O4. The summed E-state index contributed by atoms with van der Waals surface area (Å²) in [7, 11) is 0. The van der Waals surface area contributed by atoms with Gasteiger partial charge in [-0.1, -0.05) is 45.8 Å². The van der Waals surface area contributed by atoms with E-state index in [1.165, 1.54) is 0 Å². The summed E-state index contributed by atoms with van der Waals surface area (Å²) in [4.78, 5) is 23.9. The number of allylic oxidation sites excluding steroid dienone is 2. The van der Waals surface area contributed by atoms with Crippen LogP contribution in [0.25, 0.3) is 0 Å². The van der Waals surface area contributed by atoms with E-state index in [9.17, 15) is 19.8 Å². The van der Waals surface area contributed by atoms with Gasteiger partial charge in [-0.3, -0.25) is 9.59 Å². The van der Waals surface area contributed by atoms with Gasteiger partial charge in [0.2, 0.25) is 0 Å². The van der Waals surface area contributed by atoms with Crippen molar-refractivity contribution in [2.75, 3.05) is 0 Å². The Morgan fingerprint density at radius 3 is 2.16 bits per heavy atom. The highest BCUT2D eigenvalue weighted by molar-refractivity contribution is 5.87. The molecule has 0 saturated heterocycles. The Balaban J connectivity index is 3.50. The molecule has 0 aromatic rings. The third-order valence-electron chi connectivity index (χ3n) is 4.63. The van der Waals surface area contributed by atoms with E-state index in [-0.39, 0.29) is 5.92 Å². The molecule has 0 aromatic carbocycles. The van der Waals surface area contributed by atoms with Crippen LogP contribution in [0.4, 0.5) is 0 Å². The molecule has 0 radical (unpaired) electrons. The molecule has 0 bridgehead atoms. The van der Waals surface area contributed by atoms with Crippen molar-refractivity contribution in [3.63, 3.8) is 0 Å². The number of carbonyl (C=O) groups is 2. The number of hydrogen-bond acceptors (Lipinski definition) is 2. The topological polar surface area (TPSA) is 74.6 Å². The monoisotopic (exact) mass is 268 g/mol. The average molecular weight is 268 g/mol. The van der Waals surface area contributed by atoms with Gasteiger partial charge in [-0.25, -0.2) is 0 Å². The lowest BCUT2D eigenvalue weighted by Gasteiger charge is -2.50. The standard InChI is InChI=1S/C15H24O4/c1-4-8-14(12(16)17)10-6-7-11(3)15(14,9-5-2)13(18)19/h6-7,11H,4-5,8-10H2,1-3H3,(H,16,17)(H,18,19). The Kier molecular flexibility index (Phi) is 4.77. The second kappa shape index (κ2) is 5.76. The van der Waals surface area contributed by atoms with Crippen LogP contribution >= 0.6 is 0 Å². The lowest BCUT2D eigenvalue weighted by molar-refractivity contribution is -0.182. The van der Waals surface area contributed by atoms with Gasteiger partial charge in [-0.15, -0.1) is 0 Å². The highest BCUT2D eigenvalue weighted by Gasteiger charge is 2.62. The quantitative estimate of drug-likeness (QED) is 0.725. The molecule has 0 fully saturated rings. The SMILES string of the molecule is CCCC1(C(=O)O)CC=CC(C)C1(CCC)C(=O)O. The van der Waals surface area contributed by atoms with Crippen LogP contribution in [-0.2, 0) is 9.59 Å². The smallest absolute Gasteiger partial charge is 0.311 e. The lowest BCUT2D eigenvalue weighted by atomic mass is 9.50. The second-order valence-electron chi connectivity index (χ2n) is 5.58. The Bertz CT molecular complexity index is 388. The molecule has 0 saturated carbocycles. The maximum absolute atomic E-state index is 12.0. The molecule has 4 heteroatoms. The van der Waals surface area contributed by atoms with Crippen molar-refractivity contribution >= 4 is 11.9 Å². The molecule has 4 nitrogen and oxygen atoms in total. The molecular weight excluding hydrogens is 244 g/mol. The molecule has 2 N–H and O–H groups in total. The molecule has 108 valence electrons. The zero-order chi connectivity index (χ0) is 14.7. The normalized spacial score (nSPS) is 34.2. The largest absolute Gasteiger partial charge is 0.481 e. The molecule has 1 aliphatic rings. The molecule has 0 aromatic heterocycles. The molecule has 3 atom stereocenters. The van der Waals surface area contributed by atoms with Crippen LogP contribution in [0.2, 0.25) is 0 Å². The van der Waals surface area contributed by atoms with Gasteiger partial charge >= 0.3 is 11.9 Å². The Hall–Kier alpha value is -1.32. The predicted octanol–water partition coefficient (Wildman–Crippen LogP) is 3.32. The fraction of sp³-hybridized carbons (Fsp3) is 0.733. The highest BCUT2D eigenvalue weighted by Crippen LogP contribution is 2.57. The molecule has 19 heavy (non-hydrogen) atoms. The lowest BCUT2D eigenvalue weighted by Crippen LogP contribution is -2.57. The van der Waals surface area contributed by atoms with E-state index in [0.29, 0.717) is 32.1 Å². The van der Waals surface area contributed by atoms with E-state index in [4.69, 9.17) is 0 Å². The molecule has 0 spiro atoms. The van der Waals surface area contributed by atoms with Gasteiger partial charge in [-0.05, 0) is 25.2 Å². The maximum atomic E-state index is 12.0. The van der Waals surface area contributed by atoms with Crippen molar-refractivity contribution in [1.29, 1.82) is 0 Å². The Morgan fingerprint density at radius 1 is 1.16 bits per heavy atom. The maximum Gasteiger partial charge on any atom is 0.311 e. The van der Waals surface area contributed by atoms with Crippen LogP contribution in [0.15, 0.2) is 12.2 Å².